The Bertz CT molecular complexity index is 814. The average molecular weight is 326 g/mol. The average Bonchev–Trinajstić information content (AvgIpc) is 3.17. The zero-order valence-electron chi connectivity index (χ0n) is 13.4. The Morgan fingerprint density at radius 2 is 2.21 bits per heavy atom. The van der Waals surface area contributed by atoms with Gasteiger partial charge in [-0.2, -0.15) is 0 Å². The lowest BCUT2D eigenvalue weighted by Gasteiger charge is -2.25. The summed E-state index contributed by atoms with van der Waals surface area (Å²) in [4.78, 5) is 24.6. The molecule has 7 nitrogen and oxygen atoms in total. The predicted octanol–water partition coefficient (Wildman–Crippen LogP) is 1.18. The van der Waals surface area contributed by atoms with Crippen molar-refractivity contribution in [3.05, 3.63) is 47.0 Å². The minimum absolute atomic E-state index is 0.285. The van der Waals surface area contributed by atoms with E-state index >= 15 is 0 Å². The Morgan fingerprint density at radius 1 is 1.38 bits per heavy atom. The van der Waals surface area contributed by atoms with Crippen LogP contribution < -0.4 is 5.32 Å². The molecule has 2 aromatic rings. The highest BCUT2D eigenvalue weighted by atomic mass is 16.5. The fourth-order valence-corrected chi connectivity index (χ4v) is 3.34. The van der Waals surface area contributed by atoms with Crippen LogP contribution in [0.2, 0.25) is 0 Å². The van der Waals surface area contributed by atoms with E-state index < -0.39 is 12.1 Å². The van der Waals surface area contributed by atoms with Gasteiger partial charge >= 0.3 is 5.97 Å². The largest absolute Gasteiger partial charge is 0.448 e. The van der Waals surface area contributed by atoms with Crippen LogP contribution in [-0.4, -0.2) is 32.7 Å². The van der Waals surface area contributed by atoms with E-state index in [1.54, 1.807) is 12.1 Å². The van der Waals surface area contributed by atoms with Crippen molar-refractivity contribution < 1.29 is 14.3 Å². The minimum Gasteiger partial charge on any atom is -0.448 e. The van der Waals surface area contributed by atoms with E-state index in [4.69, 9.17) is 4.74 Å². The number of aryl methyl sites for hydroxylation is 1. The van der Waals surface area contributed by atoms with Gasteiger partial charge in [0.2, 0.25) is 0 Å². The molecule has 0 saturated heterocycles. The van der Waals surface area contributed by atoms with Crippen LogP contribution >= 0.6 is 0 Å². The van der Waals surface area contributed by atoms with Crippen LogP contribution in [0.4, 0.5) is 0 Å². The first-order chi connectivity index (χ1) is 11.6. The number of fused-ring (bicyclic) bond motifs is 2. The van der Waals surface area contributed by atoms with Gasteiger partial charge in [-0.1, -0.05) is 18.2 Å². The molecule has 2 aliphatic rings. The highest BCUT2D eigenvalue weighted by molar-refractivity contribution is 5.95. The number of nitrogens with zero attached hydrogens (tertiary/aromatic N) is 3. The summed E-state index contributed by atoms with van der Waals surface area (Å²) >= 11 is 0. The normalized spacial score (nSPS) is 20.0. The number of ether oxygens (including phenoxy) is 1. The lowest BCUT2D eigenvalue weighted by molar-refractivity contribution is -0.131. The second kappa shape index (κ2) is 5.74. The summed E-state index contributed by atoms with van der Waals surface area (Å²) < 4.78 is 7.34. The van der Waals surface area contributed by atoms with E-state index in [2.05, 4.69) is 15.5 Å². The monoisotopic (exact) mass is 326 g/mol. The van der Waals surface area contributed by atoms with Crippen molar-refractivity contribution in [3.63, 3.8) is 0 Å². The van der Waals surface area contributed by atoms with Crippen molar-refractivity contribution in [2.75, 3.05) is 0 Å². The standard InChI is InChI=1S/C17H18N4O3/c1-10(15-20-19-14-7-4-8-21(14)15)18-16(22)13-9-11-5-2-3-6-12(11)17(23)24-13/h2-3,5-6,10,13H,4,7-9H2,1H3,(H,18,22)/t10-,13-/m0/s1. The Morgan fingerprint density at radius 3 is 3.08 bits per heavy atom. The number of carbonyl (C=O) groups excluding carboxylic acids is 2. The van der Waals surface area contributed by atoms with Gasteiger partial charge < -0.3 is 14.6 Å². The molecule has 1 N–H and O–H groups in total. The molecular formula is C17H18N4O3. The van der Waals surface area contributed by atoms with Crippen molar-refractivity contribution >= 4 is 11.9 Å². The van der Waals surface area contributed by atoms with Gasteiger partial charge in [-0.15, -0.1) is 10.2 Å². The zero-order valence-corrected chi connectivity index (χ0v) is 13.4. The number of hydrogen-bond donors (Lipinski definition) is 1. The summed E-state index contributed by atoms with van der Waals surface area (Å²) in [7, 11) is 0. The summed E-state index contributed by atoms with van der Waals surface area (Å²) in [6.45, 7) is 2.75. The first-order valence-electron chi connectivity index (χ1n) is 8.14. The summed E-state index contributed by atoms with van der Waals surface area (Å²) in [6.07, 6.45) is 1.55. The van der Waals surface area contributed by atoms with E-state index in [0.717, 1.165) is 36.6 Å². The molecule has 2 aliphatic heterocycles. The summed E-state index contributed by atoms with van der Waals surface area (Å²) in [5.41, 5.74) is 1.37. The van der Waals surface area contributed by atoms with Crippen LogP contribution in [0, 0.1) is 0 Å². The van der Waals surface area contributed by atoms with Crippen LogP contribution in [0.5, 0.6) is 0 Å². The highest BCUT2D eigenvalue weighted by Crippen LogP contribution is 2.22. The van der Waals surface area contributed by atoms with E-state index in [1.165, 1.54) is 0 Å². The lowest BCUT2D eigenvalue weighted by Crippen LogP contribution is -2.43. The molecule has 0 bridgehead atoms. The molecule has 2 atom stereocenters. The van der Waals surface area contributed by atoms with E-state index in [0.29, 0.717) is 12.0 Å². The van der Waals surface area contributed by atoms with Gasteiger partial charge in [0.05, 0.1) is 11.6 Å². The van der Waals surface area contributed by atoms with Gasteiger partial charge in [-0.3, -0.25) is 4.79 Å². The number of benzene rings is 1. The van der Waals surface area contributed by atoms with Gasteiger partial charge in [0.25, 0.3) is 5.91 Å². The summed E-state index contributed by atoms with van der Waals surface area (Å²) in [5, 5.41) is 11.2. The molecule has 0 spiro atoms. The number of nitrogens with one attached hydrogen (secondary N) is 1. The zero-order chi connectivity index (χ0) is 16.7. The number of rotatable bonds is 3. The van der Waals surface area contributed by atoms with Crippen LogP contribution in [0.3, 0.4) is 0 Å². The van der Waals surface area contributed by atoms with E-state index in [-0.39, 0.29) is 11.9 Å². The molecule has 7 heteroatoms. The molecule has 0 radical (unpaired) electrons. The van der Waals surface area contributed by atoms with Crippen molar-refractivity contribution in [3.8, 4) is 0 Å². The maximum absolute atomic E-state index is 12.5. The van der Waals surface area contributed by atoms with Crippen LogP contribution in [0.1, 0.15) is 47.0 Å². The number of esters is 1. The number of amides is 1. The fraction of sp³-hybridized carbons (Fsp3) is 0.412. The molecule has 1 amide bonds. The van der Waals surface area contributed by atoms with Gasteiger partial charge in [0.1, 0.15) is 5.82 Å². The van der Waals surface area contributed by atoms with Gasteiger partial charge in [-0.05, 0) is 25.0 Å². The van der Waals surface area contributed by atoms with Crippen molar-refractivity contribution in [1.82, 2.24) is 20.1 Å². The first kappa shape index (κ1) is 14.9. The number of aromatic nitrogens is 3. The number of carbonyl (C=O) groups is 2. The SMILES string of the molecule is C[C@H](NC(=O)[C@@H]1Cc2ccccc2C(=O)O1)c1nnc2n1CCC2. The number of hydrogen-bond acceptors (Lipinski definition) is 5. The second-order valence-corrected chi connectivity index (χ2v) is 6.22. The molecule has 3 heterocycles. The lowest BCUT2D eigenvalue weighted by atomic mass is 9.98. The van der Waals surface area contributed by atoms with Gasteiger partial charge in [0, 0.05) is 19.4 Å². The molecule has 0 aliphatic carbocycles. The quantitative estimate of drug-likeness (QED) is 0.856. The van der Waals surface area contributed by atoms with Crippen LogP contribution in [0.25, 0.3) is 0 Å². The van der Waals surface area contributed by atoms with Crippen LogP contribution in [0.15, 0.2) is 24.3 Å². The molecular weight excluding hydrogens is 308 g/mol. The van der Waals surface area contributed by atoms with Crippen molar-refractivity contribution in [2.24, 2.45) is 0 Å². The molecule has 4 rings (SSSR count). The molecule has 1 aromatic carbocycles. The van der Waals surface area contributed by atoms with Gasteiger partial charge in [-0.25, -0.2) is 4.79 Å². The molecule has 0 fully saturated rings. The molecule has 0 saturated carbocycles. The van der Waals surface area contributed by atoms with Crippen molar-refractivity contribution in [1.29, 1.82) is 0 Å². The van der Waals surface area contributed by atoms with Crippen molar-refractivity contribution in [2.45, 2.75) is 44.9 Å². The third-order valence-corrected chi connectivity index (χ3v) is 4.57. The Hall–Kier alpha value is -2.70. The Labute approximate surface area is 139 Å². The highest BCUT2D eigenvalue weighted by Gasteiger charge is 2.32. The second-order valence-electron chi connectivity index (χ2n) is 6.22. The van der Waals surface area contributed by atoms with Crippen LogP contribution in [-0.2, 0) is 28.9 Å². The summed E-state index contributed by atoms with van der Waals surface area (Å²) in [5.74, 6) is 0.955. The molecule has 0 unspecified atom stereocenters. The summed E-state index contributed by atoms with van der Waals surface area (Å²) in [6, 6.07) is 6.93. The maximum atomic E-state index is 12.5. The van der Waals surface area contributed by atoms with Gasteiger partial charge in [0.15, 0.2) is 11.9 Å². The maximum Gasteiger partial charge on any atom is 0.339 e. The Balaban J connectivity index is 1.48. The third-order valence-electron chi connectivity index (χ3n) is 4.57. The smallest absolute Gasteiger partial charge is 0.339 e. The number of cyclic esters (lactones) is 1. The minimum atomic E-state index is -0.809. The molecule has 124 valence electrons. The Kier molecular flexibility index (Phi) is 3.55. The van der Waals surface area contributed by atoms with E-state index in [9.17, 15) is 9.59 Å². The van der Waals surface area contributed by atoms with E-state index in [1.807, 2.05) is 23.6 Å². The topological polar surface area (TPSA) is 86.1 Å². The fourth-order valence-electron chi connectivity index (χ4n) is 3.34. The third kappa shape index (κ3) is 2.46. The molecule has 1 aromatic heterocycles. The first-order valence-corrected chi connectivity index (χ1v) is 8.14. The molecule has 24 heavy (non-hydrogen) atoms. The predicted molar refractivity (Wildman–Crippen MR) is 84.3 cm³/mol.